The van der Waals surface area contributed by atoms with Crippen LogP contribution in [0.15, 0.2) is 42.5 Å². The Morgan fingerprint density at radius 2 is 1.19 bits per heavy atom. The van der Waals surface area contributed by atoms with E-state index in [1.54, 1.807) is 0 Å². The molecule has 78 valence electrons. The summed E-state index contributed by atoms with van der Waals surface area (Å²) in [5, 5.41) is 2.41. The van der Waals surface area contributed by atoms with Crippen molar-refractivity contribution < 1.29 is 16.5 Å². The van der Waals surface area contributed by atoms with Gasteiger partial charge in [-0.3, -0.25) is 0 Å². The first-order valence-corrected chi connectivity index (χ1v) is 5.26. The van der Waals surface area contributed by atoms with E-state index in [4.69, 9.17) is 0 Å². The molecule has 0 saturated heterocycles. The van der Waals surface area contributed by atoms with Crippen molar-refractivity contribution in [3.05, 3.63) is 42.5 Å². The number of pyridine rings is 1. The Balaban J connectivity index is 2.44. The van der Waals surface area contributed by atoms with Crippen LogP contribution in [-0.2, 0) is 0 Å². The monoisotopic (exact) mass is 212 g/mol. The molecule has 0 spiro atoms. The molecule has 0 unspecified atom stereocenters. The smallest absolute Gasteiger partial charge is 0.217 e. The lowest BCUT2D eigenvalue weighted by Crippen LogP contribution is -2.40. The van der Waals surface area contributed by atoms with Crippen molar-refractivity contribution in [1.82, 2.24) is 0 Å². The fraction of sp³-hybridized carbons (Fsp3) is 0. The molecule has 0 aliphatic carbocycles. The SMILES string of the molecule is [NH3+]c1ccc2cc3ccc([NH3+])cc3[nH+]c2c1. The zero-order valence-electron chi connectivity index (χ0n) is 8.96. The third kappa shape index (κ3) is 1.43. The Kier molecular flexibility index (Phi) is 1.89. The zero-order chi connectivity index (χ0) is 11.1. The molecule has 0 amide bonds. The molecular weight excluding hydrogens is 198 g/mol. The number of hydrogen-bond acceptors (Lipinski definition) is 0. The number of aromatic nitrogens is 1. The van der Waals surface area contributed by atoms with Gasteiger partial charge in [-0.1, -0.05) is 0 Å². The predicted molar refractivity (Wildman–Crippen MR) is 63.1 cm³/mol. The van der Waals surface area contributed by atoms with Gasteiger partial charge in [-0.2, -0.15) is 0 Å². The largest absolute Gasteiger partial charge is 0.325 e. The maximum Gasteiger partial charge on any atom is 0.217 e. The van der Waals surface area contributed by atoms with Crippen molar-refractivity contribution in [3.63, 3.8) is 0 Å². The average molecular weight is 212 g/mol. The summed E-state index contributed by atoms with van der Waals surface area (Å²) in [5.41, 5.74) is 12.1. The summed E-state index contributed by atoms with van der Waals surface area (Å²) in [6, 6.07) is 14.5. The Bertz CT molecular complexity index is 632. The third-order valence-corrected chi connectivity index (χ3v) is 2.82. The first kappa shape index (κ1) is 9.27. The maximum absolute atomic E-state index is 3.94. The van der Waals surface area contributed by atoms with Crippen LogP contribution in [0.25, 0.3) is 21.8 Å². The molecule has 0 bridgehead atoms. The van der Waals surface area contributed by atoms with Gasteiger partial charge in [0.25, 0.3) is 0 Å². The number of aromatic amines is 1. The molecule has 7 N–H and O–H groups in total. The summed E-state index contributed by atoms with van der Waals surface area (Å²) in [6.07, 6.45) is 0. The van der Waals surface area contributed by atoms with Gasteiger partial charge in [-0.25, -0.2) is 4.98 Å². The van der Waals surface area contributed by atoms with Gasteiger partial charge in [0.2, 0.25) is 11.0 Å². The lowest BCUT2D eigenvalue weighted by molar-refractivity contribution is -0.312. The number of benzene rings is 2. The van der Waals surface area contributed by atoms with Crippen LogP contribution in [0.4, 0.5) is 11.4 Å². The average Bonchev–Trinajstić information content (AvgIpc) is 2.26. The maximum atomic E-state index is 3.94. The van der Waals surface area contributed by atoms with E-state index in [2.05, 4.69) is 46.8 Å². The normalized spacial score (nSPS) is 11.1. The number of H-pyrrole nitrogens is 1. The Hall–Kier alpha value is -1.97. The second-order valence-corrected chi connectivity index (χ2v) is 4.11. The van der Waals surface area contributed by atoms with Gasteiger partial charge < -0.3 is 11.5 Å². The van der Waals surface area contributed by atoms with Crippen molar-refractivity contribution in [2.45, 2.75) is 0 Å². The number of hydrogen-bond donors (Lipinski definition) is 2. The highest BCUT2D eigenvalue weighted by molar-refractivity contribution is 5.89. The summed E-state index contributed by atoms with van der Waals surface area (Å²) in [6.45, 7) is 0. The third-order valence-electron chi connectivity index (χ3n) is 2.82. The lowest BCUT2D eigenvalue weighted by Gasteiger charge is -1.96. The molecule has 3 heteroatoms. The molecule has 3 nitrogen and oxygen atoms in total. The minimum Gasteiger partial charge on any atom is -0.325 e. The quantitative estimate of drug-likeness (QED) is 0.511. The van der Waals surface area contributed by atoms with Gasteiger partial charge in [0.15, 0.2) is 0 Å². The molecule has 0 aliphatic rings. The predicted octanol–water partition coefficient (Wildman–Crippen LogP) is 0.554. The molecule has 1 aromatic heterocycles. The van der Waals surface area contributed by atoms with Crippen LogP contribution in [-0.4, -0.2) is 0 Å². The Morgan fingerprint density at radius 3 is 1.69 bits per heavy atom. The van der Waals surface area contributed by atoms with Gasteiger partial charge in [0.05, 0.1) is 12.1 Å². The summed E-state index contributed by atoms with van der Waals surface area (Å²) in [4.78, 5) is 3.41. The second kappa shape index (κ2) is 3.27. The highest BCUT2D eigenvalue weighted by Crippen LogP contribution is 2.19. The van der Waals surface area contributed by atoms with E-state index in [1.165, 1.54) is 10.8 Å². The number of fused-ring (bicyclic) bond motifs is 2. The molecule has 1 heterocycles. The molecule has 2 aromatic carbocycles. The summed E-state index contributed by atoms with van der Waals surface area (Å²) >= 11 is 0. The van der Waals surface area contributed by atoms with Gasteiger partial charge in [0, 0.05) is 10.8 Å². The van der Waals surface area contributed by atoms with Crippen LogP contribution >= 0.6 is 0 Å². The van der Waals surface area contributed by atoms with Crippen molar-refractivity contribution >= 4 is 33.2 Å². The molecular formula is C13H14N3+3. The van der Waals surface area contributed by atoms with Gasteiger partial charge in [-0.15, -0.1) is 0 Å². The van der Waals surface area contributed by atoms with Crippen LogP contribution in [0, 0.1) is 0 Å². The van der Waals surface area contributed by atoms with E-state index in [0.29, 0.717) is 0 Å². The van der Waals surface area contributed by atoms with Crippen molar-refractivity contribution in [1.29, 1.82) is 0 Å². The summed E-state index contributed by atoms with van der Waals surface area (Å²) < 4.78 is 0. The van der Waals surface area contributed by atoms with Crippen LogP contribution in [0.2, 0.25) is 0 Å². The van der Waals surface area contributed by atoms with Gasteiger partial charge >= 0.3 is 0 Å². The number of nitrogens with one attached hydrogen (secondary N) is 1. The van der Waals surface area contributed by atoms with E-state index in [1.807, 2.05) is 12.1 Å². The van der Waals surface area contributed by atoms with E-state index in [-0.39, 0.29) is 0 Å². The topological polar surface area (TPSA) is 69.4 Å². The molecule has 0 aliphatic heterocycles. The highest BCUT2D eigenvalue weighted by atomic mass is 14.7. The van der Waals surface area contributed by atoms with Crippen molar-refractivity contribution in [2.24, 2.45) is 0 Å². The first-order chi connectivity index (χ1) is 7.72. The van der Waals surface area contributed by atoms with E-state index >= 15 is 0 Å². The molecule has 16 heavy (non-hydrogen) atoms. The van der Waals surface area contributed by atoms with E-state index in [0.717, 1.165) is 22.4 Å². The van der Waals surface area contributed by atoms with Crippen molar-refractivity contribution in [2.75, 3.05) is 0 Å². The van der Waals surface area contributed by atoms with Crippen LogP contribution in [0.1, 0.15) is 0 Å². The van der Waals surface area contributed by atoms with E-state index in [9.17, 15) is 0 Å². The minimum absolute atomic E-state index is 1.02. The molecule has 0 saturated carbocycles. The molecule has 3 aromatic rings. The van der Waals surface area contributed by atoms with Crippen LogP contribution < -0.4 is 16.5 Å². The number of rotatable bonds is 0. The minimum atomic E-state index is 1.02. The van der Waals surface area contributed by atoms with Gasteiger partial charge in [0.1, 0.15) is 11.4 Å². The lowest BCUT2D eigenvalue weighted by atomic mass is 10.1. The molecule has 0 atom stereocenters. The van der Waals surface area contributed by atoms with Crippen molar-refractivity contribution in [3.8, 4) is 0 Å². The first-order valence-electron chi connectivity index (χ1n) is 5.26. The van der Waals surface area contributed by atoms with Crippen LogP contribution in [0.5, 0.6) is 0 Å². The fourth-order valence-corrected chi connectivity index (χ4v) is 1.99. The zero-order valence-corrected chi connectivity index (χ0v) is 8.96. The van der Waals surface area contributed by atoms with Gasteiger partial charge in [-0.05, 0) is 30.3 Å². The second-order valence-electron chi connectivity index (χ2n) is 4.11. The Morgan fingerprint density at radius 1 is 0.688 bits per heavy atom. The molecule has 0 fully saturated rings. The molecule has 0 radical (unpaired) electrons. The van der Waals surface area contributed by atoms with E-state index < -0.39 is 0 Å². The summed E-state index contributed by atoms with van der Waals surface area (Å²) in [7, 11) is 0. The fourth-order valence-electron chi connectivity index (χ4n) is 1.99. The number of quaternary nitrogens is 2. The molecule has 3 rings (SSSR count). The Labute approximate surface area is 92.7 Å². The summed E-state index contributed by atoms with van der Waals surface area (Å²) in [5.74, 6) is 0. The van der Waals surface area contributed by atoms with Crippen LogP contribution in [0.3, 0.4) is 0 Å². The highest BCUT2D eigenvalue weighted by Gasteiger charge is 2.08. The standard InChI is InChI=1S/C13H11N3/c14-10-3-1-8-5-9-2-4-11(15)7-13(9)16-12(8)6-10/h1-7H,14-15H2/p+3.